The summed E-state index contributed by atoms with van der Waals surface area (Å²) in [4.78, 5) is 37.3. The number of esters is 2. The van der Waals surface area contributed by atoms with Gasteiger partial charge in [0.25, 0.3) is 6.29 Å². The first kappa shape index (κ1) is 70.2. The molecule has 9 heteroatoms. The molecule has 0 aromatic heterocycles. The summed E-state index contributed by atoms with van der Waals surface area (Å²) in [5.41, 5.74) is 0. The molecule has 9 nitrogen and oxygen atoms in total. The van der Waals surface area contributed by atoms with Crippen LogP contribution in [0, 0.1) is 0 Å². The number of quaternary nitrogens is 1. The van der Waals surface area contributed by atoms with Crippen LogP contribution in [0.3, 0.4) is 0 Å². The van der Waals surface area contributed by atoms with Gasteiger partial charge >= 0.3 is 17.9 Å². The van der Waals surface area contributed by atoms with Crippen LogP contribution >= 0.6 is 0 Å². The number of carboxylic acid groups (broad SMARTS) is 1. The van der Waals surface area contributed by atoms with E-state index in [0.717, 1.165) is 128 Å². The van der Waals surface area contributed by atoms with Gasteiger partial charge in [-0.2, -0.15) is 0 Å². The van der Waals surface area contributed by atoms with Crippen LogP contribution in [0.1, 0.15) is 194 Å². The molecule has 0 aliphatic rings. The lowest BCUT2D eigenvalue weighted by atomic mass is 10.1. The Morgan fingerprint density at radius 2 is 0.760 bits per heavy atom. The standard InChI is InChI=1S/C66H105NO8/c1-6-8-10-12-14-16-18-20-21-22-23-24-25-26-27-28-29-30-31-32-33-34-35-36-37-38-39-40-41-42-43-45-47-49-51-53-55-57-64(69)75-62(61-74-66(65(70)71)72-59-58-67(3,4)5)60-73-63(68)56-54-52-50-48-46-44-19-17-15-13-11-9-7-2/h8,10,14,16-17,19-21,23-24,26-27,29-30,32-33,35-36,38-39,41-42,45,47,62,66H,6-7,9,11-13,15,18,22,25,28,31,34,37,40,43-44,46,48-61H2,1-5H3/p+1/b10-8-,16-14-,19-17-,21-20-,24-23-,27-26-,30-29-,33-32-,36-35-,39-38-,42-41-,47-45-. The molecule has 0 radical (unpaired) electrons. The molecule has 0 bridgehead atoms. The van der Waals surface area contributed by atoms with Crippen molar-refractivity contribution in [3.63, 3.8) is 0 Å². The highest BCUT2D eigenvalue weighted by Gasteiger charge is 2.25. The highest BCUT2D eigenvalue weighted by Crippen LogP contribution is 2.12. The summed E-state index contributed by atoms with van der Waals surface area (Å²) >= 11 is 0. The molecule has 75 heavy (non-hydrogen) atoms. The fourth-order valence-corrected chi connectivity index (χ4v) is 7.13. The Hall–Kier alpha value is -4.83. The molecular formula is C66H106NO8+. The molecule has 2 unspecified atom stereocenters. The fourth-order valence-electron chi connectivity index (χ4n) is 7.13. The predicted octanol–water partition coefficient (Wildman–Crippen LogP) is 17.2. The average molecular weight is 1040 g/mol. The quantitative estimate of drug-likeness (QED) is 0.0211. The maximum Gasteiger partial charge on any atom is 0.361 e. The second-order valence-corrected chi connectivity index (χ2v) is 19.9. The number of hydrogen-bond acceptors (Lipinski definition) is 7. The summed E-state index contributed by atoms with van der Waals surface area (Å²) in [5, 5.41) is 9.68. The van der Waals surface area contributed by atoms with Gasteiger partial charge in [-0.3, -0.25) is 9.59 Å². The first-order chi connectivity index (χ1) is 36.6. The minimum Gasteiger partial charge on any atom is -0.477 e. The van der Waals surface area contributed by atoms with Crippen LogP contribution < -0.4 is 0 Å². The number of rotatable bonds is 51. The molecule has 0 heterocycles. The van der Waals surface area contributed by atoms with Crippen LogP contribution in [0.5, 0.6) is 0 Å². The van der Waals surface area contributed by atoms with Crippen molar-refractivity contribution in [1.29, 1.82) is 0 Å². The minimum absolute atomic E-state index is 0.172. The number of aliphatic carboxylic acids is 1. The van der Waals surface area contributed by atoms with Crippen molar-refractivity contribution in [2.75, 3.05) is 47.5 Å². The lowest BCUT2D eigenvalue weighted by Gasteiger charge is -2.25. The zero-order valence-corrected chi connectivity index (χ0v) is 47.9. The van der Waals surface area contributed by atoms with Crippen LogP contribution in [-0.2, 0) is 33.3 Å². The van der Waals surface area contributed by atoms with Gasteiger partial charge in [0, 0.05) is 12.8 Å². The highest BCUT2D eigenvalue weighted by atomic mass is 16.7. The van der Waals surface area contributed by atoms with Gasteiger partial charge in [-0.05, 0) is 122 Å². The summed E-state index contributed by atoms with van der Waals surface area (Å²) in [6.07, 6.45) is 77.9. The lowest BCUT2D eigenvalue weighted by Crippen LogP contribution is -2.40. The zero-order valence-electron chi connectivity index (χ0n) is 47.9. The van der Waals surface area contributed by atoms with E-state index in [1.54, 1.807) is 0 Å². The lowest BCUT2D eigenvalue weighted by molar-refractivity contribution is -0.870. The van der Waals surface area contributed by atoms with E-state index >= 15 is 0 Å². The molecule has 0 aromatic carbocycles. The Kier molecular flexibility index (Phi) is 51.8. The van der Waals surface area contributed by atoms with Gasteiger partial charge in [-0.1, -0.05) is 205 Å². The second-order valence-electron chi connectivity index (χ2n) is 19.9. The maximum atomic E-state index is 12.8. The summed E-state index contributed by atoms with van der Waals surface area (Å²) in [7, 11) is 5.94. The molecule has 422 valence electrons. The van der Waals surface area contributed by atoms with Crippen molar-refractivity contribution >= 4 is 17.9 Å². The van der Waals surface area contributed by atoms with Crippen molar-refractivity contribution in [2.45, 2.75) is 206 Å². The van der Waals surface area contributed by atoms with Crippen molar-refractivity contribution in [2.24, 2.45) is 0 Å². The monoisotopic (exact) mass is 1040 g/mol. The molecule has 0 aliphatic heterocycles. The van der Waals surface area contributed by atoms with Crippen molar-refractivity contribution in [3.8, 4) is 0 Å². The molecule has 2 atom stereocenters. The normalized spacial score (nSPS) is 13.9. The molecule has 0 saturated carbocycles. The Morgan fingerprint density at radius 3 is 1.16 bits per heavy atom. The van der Waals surface area contributed by atoms with Gasteiger partial charge in [0.05, 0.1) is 34.4 Å². The molecule has 0 rings (SSSR count). The predicted molar refractivity (Wildman–Crippen MR) is 317 cm³/mol. The number of hydrogen-bond donors (Lipinski definition) is 1. The number of unbranched alkanes of at least 4 members (excludes halogenated alkanes) is 12. The van der Waals surface area contributed by atoms with Crippen LogP contribution in [0.2, 0.25) is 0 Å². The molecular weight excluding hydrogens is 935 g/mol. The van der Waals surface area contributed by atoms with E-state index in [4.69, 9.17) is 18.9 Å². The van der Waals surface area contributed by atoms with Crippen molar-refractivity contribution in [3.05, 3.63) is 146 Å². The molecule has 0 aromatic rings. The number of carbonyl (C=O) groups is 3. The van der Waals surface area contributed by atoms with Gasteiger partial charge in [0.15, 0.2) is 6.10 Å². The fraction of sp³-hybridized carbons (Fsp3) is 0.591. The van der Waals surface area contributed by atoms with E-state index in [1.165, 1.54) is 32.1 Å². The summed E-state index contributed by atoms with van der Waals surface area (Å²) in [6, 6.07) is 0. The van der Waals surface area contributed by atoms with Gasteiger partial charge in [0.2, 0.25) is 0 Å². The Balaban J connectivity index is 4.30. The number of carbonyl (C=O) groups excluding carboxylic acids is 2. The molecule has 0 amide bonds. The Labute approximate surface area is 458 Å². The zero-order chi connectivity index (χ0) is 54.8. The van der Waals surface area contributed by atoms with E-state index in [0.29, 0.717) is 17.4 Å². The molecule has 0 saturated heterocycles. The van der Waals surface area contributed by atoms with E-state index in [-0.39, 0.29) is 38.6 Å². The van der Waals surface area contributed by atoms with Crippen LogP contribution in [-0.4, -0.2) is 87.4 Å². The molecule has 0 aliphatic carbocycles. The number of nitrogens with zero attached hydrogens (tertiary/aromatic N) is 1. The van der Waals surface area contributed by atoms with Gasteiger partial charge in [-0.15, -0.1) is 0 Å². The Morgan fingerprint density at radius 1 is 0.413 bits per heavy atom. The van der Waals surface area contributed by atoms with Gasteiger partial charge in [0.1, 0.15) is 13.2 Å². The third kappa shape index (κ3) is 56.7. The summed E-state index contributed by atoms with van der Waals surface area (Å²) in [6.45, 7) is 4.66. The smallest absolute Gasteiger partial charge is 0.361 e. The first-order valence-electron chi connectivity index (χ1n) is 29.0. The average Bonchev–Trinajstić information content (AvgIpc) is 3.38. The third-order valence-corrected chi connectivity index (χ3v) is 11.6. The van der Waals surface area contributed by atoms with E-state index in [9.17, 15) is 19.5 Å². The Bertz CT molecular complexity index is 1730. The van der Waals surface area contributed by atoms with E-state index in [2.05, 4.69) is 160 Å². The summed E-state index contributed by atoms with van der Waals surface area (Å²) in [5.74, 6) is -2.08. The number of likely N-dealkylation sites (N-methyl/N-ethyl adjacent to an activating group) is 1. The van der Waals surface area contributed by atoms with Crippen LogP contribution in [0.25, 0.3) is 0 Å². The molecule has 1 N–H and O–H groups in total. The van der Waals surface area contributed by atoms with Crippen LogP contribution in [0.15, 0.2) is 146 Å². The maximum absolute atomic E-state index is 12.8. The topological polar surface area (TPSA) is 108 Å². The van der Waals surface area contributed by atoms with Gasteiger partial charge in [-0.25, -0.2) is 4.79 Å². The second kappa shape index (κ2) is 55.4. The van der Waals surface area contributed by atoms with E-state index in [1.807, 2.05) is 21.1 Å². The summed E-state index contributed by atoms with van der Waals surface area (Å²) < 4.78 is 22.8. The van der Waals surface area contributed by atoms with Crippen molar-refractivity contribution in [1.82, 2.24) is 0 Å². The molecule has 0 fully saturated rings. The minimum atomic E-state index is -1.53. The van der Waals surface area contributed by atoms with Crippen molar-refractivity contribution < 1.29 is 42.9 Å². The largest absolute Gasteiger partial charge is 0.477 e. The SMILES string of the molecule is CC/C=C\C/C=C\C/C=C\C/C=C\C/C=C\C/C=C\C/C=C\C/C=C\C/C=C\C/C=C\C/C=C\CCCCCC(=O)OC(COC(=O)CCCCCCC/C=C\CCCCCC)COC(OCC[N+](C)(C)C)C(=O)O. The van der Waals surface area contributed by atoms with Gasteiger partial charge < -0.3 is 28.5 Å². The number of allylic oxidation sites excluding steroid dienone is 24. The third-order valence-electron chi connectivity index (χ3n) is 11.6. The number of ether oxygens (including phenoxy) is 4. The van der Waals surface area contributed by atoms with E-state index < -0.39 is 24.3 Å². The first-order valence-corrected chi connectivity index (χ1v) is 29.0. The highest BCUT2D eigenvalue weighted by molar-refractivity contribution is 5.71. The number of carboxylic acids is 1. The molecule has 0 spiro atoms. The van der Waals surface area contributed by atoms with Crippen LogP contribution in [0.4, 0.5) is 0 Å².